The smallest absolute Gasteiger partial charge is 0.264 e. The van der Waals surface area contributed by atoms with Gasteiger partial charge in [-0.1, -0.05) is 23.8 Å². The number of benzene rings is 2. The van der Waals surface area contributed by atoms with Crippen molar-refractivity contribution in [1.82, 2.24) is 5.32 Å². The molecule has 0 aliphatic carbocycles. The number of nitrogens with one attached hydrogen (secondary N) is 1. The van der Waals surface area contributed by atoms with Crippen LogP contribution < -0.4 is 10.1 Å². The summed E-state index contributed by atoms with van der Waals surface area (Å²) in [4.78, 5) is 17.3. The second kappa shape index (κ2) is 8.14. The molecule has 1 aliphatic rings. The number of methoxy groups -OCH3 is 1. The van der Waals surface area contributed by atoms with Gasteiger partial charge in [0.25, 0.3) is 5.91 Å². The molecule has 3 rings (SSSR count). The topological polar surface area (TPSA) is 70.9 Å². The summed E-state index contributed by atoms with van der Waals surface area (Å²) < 4.78 is 5.23. The number of phenolic OH excluding ortho intramolecular Hbond substituents is 1. The van der Waals surface area contributed by atoms with Crippen molar-refractivity contribution in [2.75, 3.05) is 7.11 Å². The van der Waals surface area contributed by atoms with Crippen molar-refractivity contribution in [3.05, 3.63) is 70.6 Å². The Balaban J connectivity index is 1.89. The fourth-order valence-electron chi connectivity index (χ4n) is 2.61. The Morgan fingerprint density at radius 2 is 2.04 bits per heavy atom. The Labute approximate surface area is 162 Å². The molecular weight excluding hydrogens is 360 g/mol. The number of hydrogen-bond donors (Lipinski definition) is 2. The van der Waals surface area contributed by atoms with Crippen LogP contribution in [0.5, 0.6) is 11.5 Å². The second-order valence-corrected chi connectivity index (χ2v) is 7.07. The van der Waals surface area contributed by atoms with Crippen LogP contribution in [0.2, 0.25) is 0 Å². The van der Waals surface area contributed by atoms with Gasteiger partial charge in [-0.05, 0) is 61.0 Å². The summed E-state index contributed by atoms with van der Waals surface area (Å²) in [6.07, 6.45) is 3.96. The summed E-state index contributed by atoms with van der Waals surface area (Å²) in [6.45, 7) is 5.71. The summed E-state index contributed by atoms with van der Waals surface area (Å²) in [6, 6.07) is 11.3. The Kier molecular flexibility index (Phi) is 5.66. The molecule has 0 spiro atoms. The summed E-state index contributed by atoms with van der Waals surface area (Å²) in [5, 5.41) is 13.5. The molecule has 1 aliphatic heterocycles. The second-order valence-electron chi connectivity index (χ2n) is 6.04. The first kappa shape index (κ1) is 18.8. The van der Waals surface area contributed by atoms with E-state index in [1.54, 1.807) is 18.2 Å². The average Bonchev–Trinajstić information content (AvgIpc) is 2.98. The number of carbonyl (C=O) groups excluding carboxylic acids is 1. The van der Waals surface area contributed by atoms with Gasteiger partial charge in [-0.2, -0.15) is 0 Å². The molecule has 0 atom stereocenters. The number of carbonyl (C=O) groups is 1. The number of aliphatic imine (C=N–C) groups is 1. The zero-order chi connectivity index (χ0) is 19.4. The number of aromatic hydroxyl groups is 1. The van der Waals surface area contributed by atoms with Gasteiger partial charge in [0.15, 0.2) is 16.7 Å². The molecule has 2 aromatic rings. The monoisotopic (exact) mass is 380 g/mol. The number of thioether (sulfide) groups is 1. The van der Waals surface area contributed by atoms with Crippen molar-refractivity contribution < 1.29 is 14.6 Å². The minimum atomic E-state index is -0.205. The number of phenols is 1. The van der Waals surface area contributed by atoms with E-state index in [2.05, 4.69) is 16.9 Å². The summed E-state index contributed by atoms with van der Waals surface area (Å²) in [5.41, 5.74) is 3.38. The normalized spacial score (nSPS) is 16.6. The number of rotatable bonds is 5. The lowest BCUT2D eigenvalue weighted by Crippen LogP contribution is -2.19. The van der Waals surface area contributed by atoms with Crippen molar-refractivity contribution in [2.45, 2.75) is 13.3 Å². The minimum absolute atomic E-state index is 0.0877. The molecule has 6 heteroatoms. The van der Waals surface area contributed by atoms with E-state index in [-0.39, 0.29) is 11.7 Å². The van der Waals surface area contributed by atoms with Crippen LogP contribution in [0.3, 0.4) is 0 Å². The van der Waals surface area contributed by atoms with E-state index < -0.39 is 0 Å². The molecule has 27 heavy (non-hydrogen) atoms. The fourth-order valence-corrected chi connectivity index (χ4v) is 3.45. The predicted octanol–water partition coefficient (Wildman–Crippen LogP) is 4.33. The first-order valence-electron chi connectivity index (χ1n) is 8.37. The third-order valence-corrected chi connectivity index (χ3v) is 4.88. The summed E-state index contributed by atoms with van der Waals surface area (Å²) >= 11 is 1.28. The van der Waals surface area contributed by atoms with Gasteiger partial charge in [0.1, 0.15) is 0 Å². The Morgan fingerprint density at radius 3 is 2.70 bits per heavy atom. The van der Waals surface area contributed by atoms with Gasteiger partial charge in [-0.3, -0.25) is 4.79 Å². The van der Waals surface area contributed by atoms with Crippen molar-refractivity contribution in [1.29, 1.82) is 0 Å². The molecule has 0 aromatic heterocycles. The third kappa shape index (κ3) is 4.41. The quantitative estimate of drug-likeness (QED) is 0.598. The molecular formula is C21H20N2O3S. The molecule has 0 saturated carbocycles. The van der Waals surface area contributed by atoms with Gasteiger partial charge < -0.3 is 15.2 Å². The largest absolute Gasteiger partial charge is 0.504 e. The maximum atomic E-state index is 12.3. The van der Waals surface area contributed by atoms with E-state index >= 15 is 0 Å². The van der Waals surface area contributed by atoms with Crippen LogP contribution in [0.1, 0.15) is 16.7 Å². The SMILES string of the molecule is C=CCc1cc(/C=C2\SC(=Nc3ccc(C)cc3)NC2=O)cc(OC)c1O. The Morgan fingerprint density at radius 1 is 1.30 bits per heavy atom. The summed E-state index contributed by atoms with van der Waals surface area (Å²) in [7, 11) is 1.49. The standard InChI is InChI=1S/C21H20N2O3S/c1-4-5-15-10-14(11-17(26-3)19(15)24)12-18-20(25)23-21(27-18)22-16-8-6-13(2)7-9-16/h4,6-12,24H,1,5H2,2-3H3,(H,22,23,25)/b18-12-. The number of hydrogen-bond acceptors (Lipinski definition) is 5. The maximum Gasteiger partial charge on any atom is 0.264 e. The minimum Gasteiger partial charge on any atom is -0.504 e. The van der Waals surface area contributed by atoms with Crippen LogP contribution in [0, 0.1) is 6.92 Å². The lowest BCUT2D eigenvalue weighted by atomic mass is 10.1. The number of ether oxygens (including phenoxy) is 1. The van der Waals surface area contributed by atoms with Crippen LogP contribution in [0.25, 0.3) is 6.08 Å². The fraction of sp³-hybridized carbons (Fsp3) is 0.143. The van der Waals surface area contributed by atoms with Crippen molar-refractivity contribution in [3.63, 3.8) is 0 Å². The Bertz CT molecular complexity index is 947. The number of allylic oxidation sites excluding steroid dienone is 1. The van der Waals surface area contributed by atoms with Gasteiger partial charge in [0.05, 0.1) is 17.7 Å². The van der Waals surface area contributed by atoms with Gasteiger partial charge in [0.2, 0.25) is 0 Å². The third-order valence-electron chi connectivity index (χ3n) is 3.97. The van der Waals surface area contributed by atoms with Crippen LogP contribution in [-0.2, 0) is 11.2 Å². The van der Waals surface area contributed by atoms with Crippen LogP contribution in [0.15, 0.2) is 59.0 Å². The summed E-state index contributed by atoms with van der Waals surface area (Å²) in [5.74, 6) is 0.242. The first-order chi connectivity index (χ1) is 13.0. The highest BCUT2D eigenvalue weighted by Crippen LogP contribution is 2.34. The predicted molar refractivity (Wildman–Crippen MR) is 111 cm³/mol. The highest BCUT2D eigenvalue weighted by Gasteiger charge is 2.24. The molecule has 0 bridgehead atoms. The highest BCUT2D eigenvalue weighted by molar-refractivity contribution is 8.18. The van der Waals surface area contributed by atoms with E-state index in [9.17, 15) is 9.90 Å². The molecule has 5 nitrogen and oxygen atoms in total. The highest BCUT2D eigenvalue weighted by atomic mass is 32.2. The van der Waals surface area contributed by atoms with Crippen molar-refractivity contribution in [2.24, 2.45) is 4.99 Å². The lowest BCUT2D eigenvalue weighted by Gasteiger charge is -2.09. The van der Waals surface area contributed by atoms with Gasteiger partial charge in [-0.25, -0.2) is 4.99 Å². The number of amides is 1. The average molecular weight is 380 g/mol. The van der Waals surface area contributed by atoms with Crippen LogP contribution in [-0.4, -0.2) is 23.3 Å². The number of nitrogens with zero attached hydrogens (tertiary/aromatic N) is 1. The van der Waals surface area contributed by atoms with Crippen LogP contribution in [0.4, 0.5) is 5.69 Å². The van der Waals surface area contributed by atoms with Gasteiger partial charge in [0, 0.05) is 5.56 Å². The van der Waals surface area contributed by atoms with Crippen molar-refractivity contribution >= 4 is 34.6 Å². The molecule has 0 unspecified atom stereocenters. The molecule has 138 valence electrons. The van der Waals surface area contributed by atoms with E-state index in [1.165, 1.54) is 18.9 Å². The zero-order valence-corrected chi connectivity index (χ0v) is 16.0. The lowest BCUT2D eigenvalue weighted by molar-refractivity contribution is -0.115. The van der Waals surface area contributed by atoms with Crippen molar-refractivity contribution in [3.8, 4) is 11.5 Å². The zero-order valence-electron chi connectivity index (χ0n) is 15.2. The van der Waals surface area contributed by atoms with Gasteiger partial charge >= 0.3 is 0 Å². The maximum absolute atomic E-state index is 12.3. The molecule has 1 amide bonds. The molecule has 2 N–H and O–H groups in total. The number of aryl methyl sites for hydroxylation is 1. The molecule has 1 heterocycles. The van der Waals surface area contributed by atoms with Crippen LogP contribution >= 0.6 is 11.8 Å². The Hall–Kier alpha value is -2.99. The molecule has 0 radical (unpaired) electrons. The van der Waals surface area contributed by atoms with Gasteiger partial charge in [-0.15, -0.1) is 6.58 Å². The van der Waals surface area contributed by atoms with E-state index in [0.29, 0.717) is 27.8 Å². The van der Waals surface area contributed by atoms with E-state index in [0.717, 1.165) is 16.8 Å². The van der Waals surface area contributed by atoms with E-state index in [4.69, 9.17) is 4.74 Å². The first-order valence-corrected chi connectivity index (χ1v) is 9.19. The molecule has 1 fully saturated rings. The number of amidine groups is 1. The molecule has 1 saturated heterocycles. The van der Waals surface area contributed by atoms with E-state index in [1.807, 2.05) is 37.3 Å². The molecule has 2 aromatic carbocycles.